The highest BCUT2D eigenvalue weighted by Gasteiger charge is 2.48. The smallest absolute Gasteiger partial charge is 0.104 e. The molecule has 3 rings (SSSR count). The summed E-state index contributed by atoms with van der Waals surface area (Å²) in [6, 6.07) is 9.45. The van der Waals surface area contributed by atoms with E-state index in [-0.39, 0.29) is 0 Å². The van der Waals surface area contributed by atoms with Crippen LogP contribution in [0.25, 0.3) is 0 Å². The summed E-state index contributed by atoms with van der Waals surface area (Å²) >= 11 is 0. The van der Waals surface area contributed by atoms with Gasteiger partial charge in [0.15, 0.2) is 0 Å². The zero-order valence-electron chi connectivity index (χ0n) is 14.5. The molecule has 0 aromatic heterocycles. The van der Waals surface area contributed by atoms with E-state index in [1.54, 1.807) is 5.56 Å². The summed E-state index contributed by atoms with van der Waals surface area (Å²) in [4.78, 5) is 0. The van der Waals surface area contributed by atoms with Crippen molar-refractivity contribution in [2.45, 2.75) is 39.7 Å². The van der Waals surface area contributed by atoms with Gasteiger partial charge in [0, 0.05) is 5.56 Å². The Hall–Kier alpha value is -0.820. The Bertz CT molecular complexity index is 480. The predicted molar refractivity (Wildman–Crippen MR) is 89.9 cm³/mol. The average molecular weight is 286 g/mol. The molecule has 2 bridgehead atoms. The monoisotopic (exact) mass is 286 g/mol. The van der Waals surface area contributed by atoms with Gasteiger partial charge in [0.1, 0.15) is 6.54 Å². The first-order chi connectivity index (χ1) is 9.83. The second-order valence-corrected chi connectivity index (χ2v) is 8.84. The van der Waals surface area contributed by atoms with Gasteiger partial charge in [0.05, 0.1) is 21.1 Å². The topological polar surface area (TPSA) is 0 Å². The number of fused-ring (bicyclic) bond motifs is 2. The maximum atomic E-state index is 2.49. The van der Waals surface area contributed by atoms with Crippen molar-refractivity contribution < 1.29 is 4.48 Å². The van der Waals surface area contributed by atoms with Crippen LogP contribution in [0.3, 0.4) is 0 Å². The largest absolute Gasteiger partial charge is 0.327 e. The first kappa shape index (κ1) is 15.1. The molecule has 0 radical (unpaired) electrons. The molecule has 1 heteroatoms. The normalized spacial score (nSPS) is 35.4. The van der Waals surface area contributed by atoms with E-state index in [2.05, 4.69) is 59.3 Å². The predicted octanol–water partition coefficient (Wildman–Crippen LogP) is 4.36. The summed E-state index contributed by atoms with van der Waals surface area (Å²) in [6.07, 6.45) is 4.30. The molecule has 1 aromatic carbocycles. The number of hydrogen-bond donors (Lipinski definition) is 0. The van der Waals surface area contributed by atoms with Gasteiger partial charge in [-0.2, -0.15) is 0 Å². The van der Waals surface area contributed by atoms with E-state index < -0.39 is 0 Å². The van der Waals surface area contributed by atoms with Crippen molar-refractivity contribution >= 4 is 0 Å². The van der Waals surface area contributed by atoms with E-state index >= 15 is 0 Å². The highest BCUT2D eigenvalue weighted by molar-refractivity contribution is 5.23. The molecule has 2 fully saturated rings. The van der Waals surface area contributed by atoms with E-state index in [0.717, 1.165) is 40.6 Å². The zero-order valence-corrected chi connectivity index (χ0v) is 14.5. The van der Waals surface area contributed by atoms with Gasteiger partial charge in [-0.05, 0) is 54.4 Å². The van der Waals surface area contributed by atoms with E-state index in [9.17, 15) is 0 Å². The molecule has 21 heavy (non-hydrogen) atoms. The van der Waals surface area contributed by atoms with Crippen LogP contribution in [0.5, 0.6) is 0 Å². The molecule has 0 heterocycles. The molecule has 1 aromatic rings. The lowest BCUT2D eigenvalue weighted by atomic mass is 9.74. The van der Waals surface area contributed by atoms with Crippen LogP contribution < -0.4 is 0 Å². The SMILES string of the molecule is CC1C2CC(Cc3ccc(C[N+](C)(C)C)cc3)C(C2)C1C. The van der Waals surface area contributed by atoms with E-state index in [4.69, 9.17) is 0 Å². The third kappa shape index (κ3) is 3.18. The average Bonchev–Trinajstić information content (AvgIpc) is 2.91. The van der Waals surface area contributed by atoms with Crippen molar-refractivity contribution in [2.75, 3.05) is 21.1 Å². The van der Waals surface area contributed by atoms with Crippen molar-refractivity contribution in [3.8, 4) is 0 Å². The summed E-state index contributed by atoms with van der Waals surface area (Å²) < 4.78 is 1.00. The molecule has 0 aliphatic heterocycles. The van der Waals surface area contributed by atoms with Crippen molar-refractivity contribution in [3.05, 3.63) is 35.4 Å². The van der Waals surface area contributed by atoms with E-state index in [0.29, 0.717) is 0 Å². The molecule has 2 aliphatic rings. The van der Waals surface area contributed by atoms with Crippen LogP contribution in [0.1, 0.15) is 37.8 Å². The minimum atomic E-state index is 0.949. The standard InChI is InChI=1S/C20H32N/c1-14-15(2)20-12-18(14)11-19(20)10-16-6-8-17(9-7-16)13-21(3,4)5/h6-9,14-15,18-20H,10-13H2,1-5H3/q+1. The molecule has 0 N–H and O–H groups in total. The summed E-state index contributed by atoms with van der Waals surface area (Å²) in [7, 11) is 6.77. The van der Waals surface area contributed by atoms with Gasteiger partial charge in [0.2, 0.25) is 0 Å². The Morgan fingerprint density at radius 1 is 0.905 bits per heavy atom. The first-order valence-corrected chi connectivity index (χ1v) is 8.72. The van der Waals surface area contributed by atoms with Gasteiger partial charge in [-0.3, -0.25) is 0 Å². The molecule has 2 saturated carbocycles. The Morgan fingerprint density at radius 3 is 2.05 bits per heavy atom. The fourth-order valence-corrected chi connectivity index (χ4v) is 4.96. The molecular formula is C20H32N+. The maximum absolute atomic E-state index is 2.49. The van der Waals surface area contributed by atoms with Gasteiger partial charge in [-0.25, -0.2) is 0 Å². The molecule has 1 nitrogen and oxygen atoms in total. The van der Waals surface area contributed by atoms with E-state index in [1.165, 1.54) is 24.8 Å². The molecule has 0 spiro atoms. The van der Waals surface area contributed by atoms with Crippen molar-refractivity contribution in [1.29, 1.82) is 0 Å². The fraction of sp³-hybridized carbons (Fsp3) is 0.700. The Morgan fingerprint density at radius 2 is 1.52 bits per heavy atom. The fourth-order valence-electron chi connectivity index (χ4n) is 4.96. The van der Waals surface area contributed by atoms with Gasteiger partial charge >= 0.3 is 0 Å². The van der Waals surface area contributed by atoms with Gasteiger partial charge in [0.25, 0.3) is 0 Å². The Labute approximate surface area is 130 Å². The van der Waals surface area contributed by atoms with Crippen LogP contribution in [0, 0.1) is 29.6 Å². The van der Waals surface area contributed by atoms with Crippen LogP contribution in [-0.2, 0) is 13.0 Å². The first-order valence-electron chi connectivity index (χ1n) is 8.72. The summed E-state index contributed by atoms with van der Waals surface area (Å²) in [5.41, 5.74) is 3.01. The second-order valence-electron chi connectivity index (χ2n) is 8.84. The minimum absolute atomic E-state index is 0.949. The molecule has 116 valence electrons. The van der Waals surface area contributed by atoms with Crippen molar-refractivity contribution in [1.82, 2.24) is 0 Å². The second kappa shape index (κ2) is 5.43. The van der Waals surface area contributed by atoms with Crippen LogP contribution in [0.2, 0.25) is 0 Å². The summed E-state index contributed by atoms with van der Waals surface area (Å²) in [5, 5.41) is 0. The molecular weight excluding hydrogens is 254 g/mol. The highest BCUT2D eigenvalue weighted by atomic mass is 15.3. The van der Waals surface area contributed by atoms with Crippen LogP contribution in [-0.4, -0.2) is 25.6 Å². The molecule has 0 amide bonds. The maximum Gasteiger partial charge on any atom is 0.104 e. The molecule has 0 saturated heterocycles. The number of benzene rings is 1. The van der Waals surface area contributed by atoms with Gasteiger partial charge < -0.3 is 4.48 Å². The third-order valence-corrected chi connectivity index (χ3v) is 6.21. The molecule has 5 atom stereocenters. The molecule has 2 aliphatic carbocycles. The zero-order chi connectivity index (χ0) is 15.2. The number of nitrogens with zero attached hydrogens (tertiary/aromatic N) is 1. The van der Waals surface area contributed by atoms with Crippen LogP contribution in [0.15, 0.2) is 24.3 Å². The number of hydrogen-bond acceptors (Lipinski definition) is 0. The lowest BCUT2D eigenvalue weighted by Crippen LogP contribution is -2.33. The lowest BCUT2D eigenvalue weighted by molar-refractivity contribution is -0.884. The number of rotatable bonds is 4. The van der Waals surface area contributed by atoms with Crippen molar-refractivity contribution in [2.24, 2.45) is 29.6 Å². The van der Waals surface area contributed by atoms with Gasteiger partial charge in [-0.15, -0.1) is 0 Å². The number of quaternary nitrogens is 1. The van der Waals surface area contributed by atoms with E-state index in [1.807, 2.05) is 0 Å². The molecule has 5 unspecified atom stereocenters. The quantitative estimate of drug-likeness (QED) is 0.721. The summed E-state index contributed by atoms with van der Waals surface area (Å²) in [5.74, 6) is 4.89. The van der Waals surface area contributed by atoms with Crippen LogP contribution >= 0.6 is 0 Å². The lowest BCUT2D eigenvalue weighted by Gasteiger charge is -2.32. The van der Waals surface area contributed by atoms with Gasteiger partial charge in [-0.1, -0.05) is 38.1 Å². The summed E-state index contributed by atoms with van der Waals surface area (Å²) in [6.45, 7) is 6.08. The third-order valence-electron chi connectivity index (χ3n) is 6.21. The highest BCUT2D eigenvalue weighted by Crippen LogP contribution is 2.55. The Kier molecular flexibility index (Phi) is 3.90. The Balaban J connectivity index is 1.62. The van der Waals surface area contributed by atoms with Crippen molar-refractivity contribution in [3.63, 3.8) is 0 Å². The van der Waals surface area contributed by atoms with Crippen LogP contribution in [0.4, 0.5) is 0 Å². The minimum Gasteiger partial charge on any atom is -0.327 e.